The number of carbonyl (C=O) groups is 2. The van der Waals surface area contributed by atoms with Crippen LogP contribution in [-0.4, -0.2) is 41.0 Å². The molecule has 1 aromatic heterocycles. The third kappa shape index (κ3) is 7.29. The van der Waals surface area contributed by atoms with E-state index in [1.807, 2.05) is 18.7 Å². The molecule has 0 saturated heterocycles. The molecule has 0 spiro atoms. The zero-order valence-electron chi connectivity index (χ0n) is 22.1. The Bertz CT molecular complexity index is 903. The number of anilines is 1. The zero-order chi connectivity index (χ0) is 25.7. The fourth-order valence-electron chi connectivity index (χ4n) is 4.73. The summed E-state index contributed by atoms with van der Waals surface area (Å²) >= 11 is 1.50. The first kappa shape index (κ1) is 28.3. The largest absolute Gasteiger partial charge is 0.396 e. The SMILES string of the molecule is CCC(CC)C(=O)Nc1sc2c(c1C#N)CCC(N(CC(C)(C)CCO)C(=O)CC(C)(C)C)C2. The number of carbonyl (C=O) groups excluding carboxylic acids is 2. The average molecular weight is 490 g/mol. The summed E-state index contributed by atoms with van der Waals surface area (Å²) in [5.41, 5.74) is 1.32. The number of nitrogens with one attached hydrogen (secondary N) is 1. The van der Waals surface area contributed by atoms with Gasteiger partial charge in [0.15, 0.2) is 0 Å². The van der Waals surface area contributed by atoms with E-state index in [1.165, 1.54) is 11.3 Å². The quantitative estimate of drug-likeness (QED) is 0.452. The predicted octanol–water partition coefficient (Wildman–Crippen LogP) is 5.53. The monoisotopic (exact) mass is 489 g/mol. The summed E-state index contributed by atoms with van der Waals surface area (Å²) in [6.07, 6.45) is 4.85. The number of aliphatic hydroxyl groups is 1. The summed E-state index contributed by atoms with van der Waals surface area (Å²) < 4.78 is 0. The third-order valence-electron chi connectivity index (χ3n) is 6.77. The van der Waals surface area contributed by atoms with Crippen molar-refractivity contribution >= 4 is 28.2 Å². The van der Waals surface area contributed by atoms with Crippen molar-refractivity contribution in [1.29, 1.82) is 5.26 Å². The van der Waals surface area contributed by atoms with Crippen LogP contribution in [0.25, 0.3) is 0 Å². The van der Waals surface area contributed by atoms with Gasteiger partial charge in [-0.15, -0.1) is 11.3 Å². The Morgan fingerprint density at radius 3 is 2.41 bits per heavy atom. The van der Waals surface area contributed by atoms with E-state index in [0.29, 0.717) is 36.4 Å². The number of aliphatic hydroxyl groups excluding tert-OH is 1. The molecule has 34 heavy (non-hydrogen) atoms. The van der Waals surface area contributed by atoms with Gasteiger partial charge in [0, 0.05) is 42.8 Å². The van der Waals surface area contributed by atoms with Gasteiger partial charge in [-0.25, -0.2) is 0 Å². The van der Waals surface area contributed by atoms with Crippen LogP contribution >= 0.6 is 11.3 Å². The molecule has 0 radical (unpaired) electrons. The molecule has 1 heterocycles. The average Bonchev–Trinajstić information content (AvgIpc) is 3.07. The summed E-state index contributed by atoms with van der Waals surface area (Å²) in [4.78, 5) is 29.2. The van der Waals surface area contributed by atoms with Gasteiger partial charge in [-0.05, 0) is 48.5 Å². The molecule has 2 rings (SSSR count). The van der Waals surface area contributed by atoms with E-state index in [4.69, 9.17) is 0 Å². The molecule has 1 aliphatic carbocycles. The van der Waals surface area contributed by atoms with E-state index in [1.54, 1.807) is 0 Å². The fraction of sp³-hybridized carbons (Fsp3) is 0.741. The van der Waals surface area contributed by atoms with Crippen LogP contribution in [0.2, 0.25) is 0 Å². The van der Waals surface area contributed by atoms with Crippen LogP contribution < -0.4 is 5.32 Å². The molecule has 0 aromatic carbocycles. The standard InChI is InChI=1S/C27H43N3O3S/c1-8-18(9-2)24(33)29-25-21(16-28)20-11-10-19(14-22(20)34-25)30(17-27(6,7)12-13-31)23(32)15-26(3,4)5/h18-19,31H,8-15,17H2,1-7H3,(H,29,33). The summed E-state index contributed by atoms with van der Waals surface area (Å²) in [5, 5.41) is 23.0. The van der Waals surface area contributed by atoms with Crippen molar-refractivity contribution < 1.29 is 14.7 Å². The summed E-state index contributed by atoms with van der Waals surface area (Å²) in [6.45, 7) is 15.1. The number of nitrogens with zero attached hydrogens (tertiary/aromatic N) is 2. The Morgan fingerprint density at radius 1 is 1.24 bits per heavy atom. The lowest BCUT2D eigenvalue weighted by molar-refractivity contribution is -0.137. The fourth-order valence-corrected chi connectivity index (χ4v) is 6.01. The van der Waals surface area contributed by atoms with Crippen LogP contribution in [0.4, 0.5) is 5.00 Å². The van der Waals surface area contributed by atoms with Crippen molar-refractivity contribution in [1.82, 2.24) is 4.90 Å². The molecule has 1 atom stereocenters. The topological polar surface area (TPSA) is 93.4 Å². The van der Waals surface area contributed by atoms with E-state index in [2.05, 4.69) is 46.0 Å². The molecule has 0 aliphatic heterocycles. The van der Waals surface area contributed by atoms with Gasteiger partial charge in [-0.3, -0.25) is 9.59 Å². The Morgan fingerprint density at radius 2 is 1.88 bits per heavy atom. The van der Waals surface area contributed by atoms with E-state index in [0.717, 1.165) is 36.1 Å². The summed E-state index contributed by atoms with van der Waals surface area (Å²) in [6, 6.07) is 2.37. The number of hydrogen-bond acceptors (Lipinski definition) is 5. The highest BCUT2D eigenvalue weighted by Crippen LogP contribution is 2.40. The number of thiophene rings is 1. The van der Waals surface area contributed by atoms with Crippen LogP contribution in [0.15, 0.2) is 0 Å². The molecule has 6 nitrogen and oxygen atoms in total. The Labute approximate surface area is 209 Å². The highest BCUT2D eigenvalue weighted by atomic mass is 32.1. The first-order valence-corrected chi connectivity index (χ1v) is 13.4. The molecule has 2 N–H and O–H groups in total. The Kier molecular flexibility index (Phi) is 9.73. The van der Waals surface area contributed by atoms with Gasteiger partial charge in [-0.1, -0.05) is 48.5 Å². The molecule has 2 amide bonds. The van der Waals surface area contributed by atoms with Gasteiger partial charge in [-0.2, -0.15) is 5.26 Å². The van der Waals surface area contributed by atoms with Crippen molar-refractivity contribution in [3.63, 3.8) is 0 Å². The number of hydrogen-bond donors (Lipinski definition) is 2. The first-order valence-electron chi connectivity index (χ1n) is 12.6. The maximum atomic E-state index is 13.4. The van der Waals surface area contributed by atoms with Crippen molar-refractivity contribution in [2.24, 2.45) is 16.7 Å². The minimum atomic E-state index is -0.190. The Hall–Kier alpha value is -1.91. The summed E-state index contributed by atoms with van der Waals surface area (Å²) in [7, 11) is 0. The first-order chi connectivity index (χ1) is 15.9. The van der Waals surface area contributed by atoms with Crippen LogP contribution in [0, 0.1) is 28.1 Å². The highest BCUT2D eigenvalue weighted by Gasteiger charge is 2.35. The van der Waals surface area contributed by atoms with Crippen LogP contribution in [0.1, 0.15) is 96.6 Å². The van der Waals surface area contributed by atoms with Gasteiger partial charge in [0.05, 0.1) is 5.56 Å². The molecule has 190 valence electrons. The second-order valence-electron chi connectivity index (χ2n) is 11.6. The lowest BCUT2D eigenvalue weighted by atomic mass is 9.84. The highest BCUT2D eigenvalue weighted by molar-refractivity contribution is 7.16. The second kappa shape index (κ2) is 11.7. The minimum Gasteiger partial charge on any atom is -0.396 e. The van der Waals surface area contributed by atoms with Gasteiger partial charge in [0.2, 0.25) is 11.8 Å². The normalized spacial score (nSPS) is 16.2. The third-order valence-corrected chi connectivity index (χ3v) is 7.94. The number of fused-ring (bicyclic) bond motifs is 1. The summed E-state index contributed by atoms with van der Waals surface area (Å²) in [5.74, 6) is 0.0633. The van der Waals surface area contributed by atoms with E-state index >= 15 is 0 Å². The number of nitriles is 1. The molecular weight excluding hydrogens is 446 g/mol. The molecule has 0 saturated carbocycles. The predicted molar refractivity (Wildman–Crippen MR) is 139 cm³/mol. The smallest absolute Gasteiger partial charge is 0.228 e. The number of rotatable bonds is 10. The van der Waals surface area contributed by atoms with Crippen LogP contribution in [-0.2, 0) is 22.4 Å². The second-order valence-corrected chi connectivity index (χ2v) is 12.7. The van der Waals surface area contributed by atoms with Crippen LogP contribution in [0.5, 0.6) is 0 Å². The number of amides is 2. The molecular formula is C27H43N3O3S. The van der Waals surface area contributed by atoms with Gasteiger partial charge < -0.3 is 15.3 Å². The van der Waals surface area contributed by atoms with E-state index in [9.17, 15) is 20.0 Å². The minimum absolute atomic E-state index is 0.0237. The maximum Gasteiger partial charge on any atom is 0.228 e. The molecule has 0 fully saturated rings. The molecule has 1 aromatic rings. The van der Waals surface area contributed by atoms with E-state index in [-0.39, 0.29) is 41.2 Å². The van der Waals surface area contributed by atoms with Crippen molar-refractivity contribution in [3.8, 4) is 6.07 Å². The molecule has 1 unspecified atom stereocenters. The van der Waals surface area contributed by atoms with E-state index < -0.39 is 0 Å². The molecule has 1 aliphatic rings. The van der Waals surface area contributed by atoms with Crippen molar-refractivity contribution in [3.05, 3.63) is 16.0 Å². The van der Waals surface area contributed by atoms with Crippen molar-refractivity contribution in [2.45, 2.75) is 99.5 Å². The van der Waals surface area contributed by atoms with Crippen LogP contribution in [0.3, 0.4) is 0 Å². The Balaban J connectivity index is 2.32. The molecule has 0 bridgehead atoms. The van der Waals surface area contributed by atoms with Crippen molar-refractivity contribution in [2.75, 3.05) is 18.5 Å². The zero-order valence-corrected chi connectivity index (χ0v) is 22.9. The lowest BCUT2D eigenvalue weighted by Gasteiger charge is -2.40. The lowest BCUT2D eigenvalue weighted by Crippen LogP contribution is -2.48. The molecule has 7 heteroatoms. The van der Waals surface area contributed by atoms with Gasteiger partial charge in [0.25, 0.3) is 0 Å². The van der Waals surface area contributed by atoms with Gasteiger partial charge >= 0.3 is 0 Å². The maximum absolute atomic E-state index is 13.4. The van der Waals surface area contributed by atoms with Gasteiger partial charge in [0.1, 0.15) is 11.1 Å².